The number of carbonyl (C=O) groups excluding carboxylic acids is 2. The first-order chi connectivity index (χ1) is 12.5. The average molecular weight is 376 g/mol. The van der Waals surface area contributed by atoms with Crippen LogP contribution >= 0.6 is 11.6 Å². The molecule has 0 radical (unpaired) electrons. The maximum atomic E-state index is 12.1. The highest BCUT2D eigenvalue weighted by Gasteiger charge is 2.17. The van der Waals surface area contributed by atoms with Crippen LogP contribution in [0, 0.1) is 0 Å². The summed E-state index contributed by atoms with van der Waals surface area (Å²) in [5, 5.41) is 3.21. The van der Waals surface area contributed by atoms with Crippen molar-refractivity contribution in [3.8, 4) is 5.75 Å². The standard InChI is InChI=1S/C19H18ClNO5/c1-12(22)21-17-4-2-13(3-5-17)6-18(23)25-10-15-8-16(20)7-14-9-24-11-26-19(14)15/h2-5,7-8H,6,9-11H2,1H3,(H,21,22). The number of carbonyl (C=O) groups is 2. The van der Waals surface area contributed by atoms with E-state index in [1.807, 2.05) is 0 Å². The maximum absolute atomic E-state index is 12.1. The molecule has 0 aromatic heterocycles. The topological polar surface area (TPSA) is 73.9 Å². The second-order valence-corrected chi connectivity index (χ2v) is 6.32. The van der Waals surface area contributed by atoms with Gasteiger partial charge in [0.25, 0.3) is 0 Å². The number of esters is 1. The Labute approximate surface area is 156 Å². The fourth-order valence-corrected chi connectivity index (χ4v) is 2.91. The zero-order valence-electron chi connectivity index (χ0n) is 14.2. The highest BCUT2D eigenvalue weighted by Crippen LogP contribution is 2.32. The second kappa shape index (κ2) is 8.21. The molecular weight excluding hydrogens is 358 g/mol. The summed E-state index contributed by atoms with van der Waals surface area (Å²) in [6.45, 7) is 2.09. The summed E-state index contributed by atoms with van der Waals surface area (Å²) in [6.07, 6.45) is 0.132. The van der Waals surface area contributed by atoms with Crippen LogP contribution in [0.4, 0.5) is 5.69 Å². The molecule has 1 heterocycles. The lowest BCUT2D eigenvalue weighted by Gasteiger charge is -2.21. The van der Waals surface area contributed by atoms with Gasteiger partial charge in [0.1, 0.15) is 12.4 Å². The summed E-state index contributed by atoms with van der Waals surface area (Å²) in [7, 11) is 0. The Bertz CT molecular complexity index is 819. The predicted molar refractivity (Wildman–Crippen MR) is 96.0 cm³/mol. The van der Waals surface area contributed by atoms with Gasteiger partial charge in [-0.15, -0.1) is 0 Å². The van der Waals surface area contributed by atoms with E-state index in [-0.39, 0.29) is 31.7 Å². The van der Waals surface area contributed by atoms with E-state index >= 15 is 0 Å². The van der Waals surface area contributed by atoms with Crippen LogP contribution in [0.15, 0.2) is 36.4 Å². The van der Waals surface area contributed by atoms with Crippen LogP contribution in [-0.4, -0.2) is 18.7 Å². The molecule has 0 bridgehead atoms. The summed E-state index contributed by atoms with van der Waals surface area (Å²) in [5.74, 6) is 0.154. The highest BCUT2D eigenvalue weighted by atomic mass is 35.5. The molecule has 6 nitrogen and oxygen atoms in total. The van der Waals surface area contributed by atoms with Gasteiger partial charge in [0.05, 0.1) is 13.0 Å². The molecular formula is C19H18ClNO5. The van der Waals surface area contributed by atoms with Gasteiger partial charge in [0.15, 0.2) is 6.79 Å². The number of ether oxygens (including phenoxy) is 3. The van der Waals surface area contributed by atoms with E-state index < -0.39 is 0 Å². The van der Waals surface area contributed by atoms with Gasteiger partial charge in [-0.25, -0.2) is 0 Å². The van der Waals surface area contributed by atoms with Crippen LogP contribution in [0.25, 0.3) is 0 Å². The van der Waals surface area contributed by atoms with Gasteiger partial charge in [0.2, 0.25) is 5.91 Å². The molecule has 1 N–H and O–H groups in total. The SMILES string of the molecule is CC(=O)Nc1ccc(CC(=O)OCc2cc(Cl)cc3c2OCOC3)cc1. The molecule has 1 amide bonds. The van der Waals surface area contributed by atoms with Crippen LogP contribution in [0.1, 0.15) is 23.6 Å². The van der Waals surface area contributed by atoms with Crippen LogP contribution in [0.3, 0.4) is 0 Å². The normalized spacial score (nSPS) is 12.7. The molecule has 0 aliphatic carbocycles. The largest absolute Gasteiger partial charge is 0.467 e. The zero-order chi connectivity index (χ0) is 18.5. The first-order valence-electron chi connectivity index (χ1n) is 8.05. The number of anilines is 1. The number of hydrogen-bond donors (Lipinski definition) is 1. The summed E-state index contributed by atoms with van der Waals surface area (Å²) in [5.41, 5.74) is 3.02. The van der Waals surface area contributed by atoms with Crippen molar-refractivity contribution < 1.29 is 23.8 Å². The van der Waals surface area contributed by atoms with E-state index in [0.29, 0.717) is 28.6 Å². The Hall–Kier alpha value is -2.57. The Morgan fingerprint density at radius 3 is 2.73 bits per heavy atom. The third-order valence-corrected chi connectivity index (χ3v) is 3.98. The van der Waals surface area contributed by atoms with Crippen LogP contribution in [-0.2, 0) is 38.7 Å². The third kappa shape index (κ3) is 4.74. The third-order valence-electron chi connectivity index (χ3n) is 3.76. The monoisotopic (exact) mass is 375 g/mol. The number of amides is 1. The van der Waals surface area contributed by atoms with Crippen LogP contribution < -0.4 is 10.1 Å². The number of fused-ring (bicyclic) bond motifs is 1. The molecule has 136 valence electrons. The lowest BCUT2D eigenvalue weighted by Crippen LogP contribution is -2.15. The van der Waals surface area contributed by atoms with Crippen molar-refractivity contribution in [2.24, 2.45) is 0 Å². The molecule has 0 spiro atoms. The summed E-state index contributed by atoms with van der Waals surface area (Å²) in [6, 6.07) is 10.5. The number of nitrogens with one attached hydrogen (secondary N) is 1. The van der Waals surface area contributed by atoms with Gasteiger partial charge < -0.3 is 19.5 Å². The van der Waals surface area contributed by atoms with E-state index in [1.54, 1.807) is 36.4 Å². The van der Waals surface area contributed by atoms with E-state index in [4.69, 9.17) is 25.8 Å². The van der Waals surface area contributed by atoms with Crippen molar-refractivity contribution in [2.75, 3.05) is 12.1 Å². The second-order valence-electron chi connectivity index (χ2n) is 5.88. The molecule has 3 rings (SSSR count). The summed E-state index contributed by atoms with van der Waals surface area (Å²) in [4.78, 5) is 23.1. The van der Waals surface area contributed by atoms with E-state index in [2.05, 4.69) is 5.32 Å². The van der Waals surface area contributed by atoms with Gasteiger partial charge in [-0.1, -0.05) is 23.7 Å². The smallest absolute Gasteiger partial charge is 0.310 e. The maximum Gasteiger partial charge on any atom is 0.310 e. The van der Waals surface area contributed by atoms with Gasteiger partial charge in [-0.05, 0) is 29.8 Å². The van der Waals surface area contributed by atoms with Crippen molar-refractivity contribution in [3.63, 3.8) is 0 Å². The number of benzene rings is 2. The van der Waals surface area contributed by atoms with Crippen molar-refractivity contribution >= 4 is 29.2 Å². The van der Waals surface area contributed by atoms with Crippen molar-refractivity contribution in [3.05, 3.63) is 58.1 Å². The first-order valence-corrected chi connectivity index (χ1v) is 8.43. The zero-order valence-corrected chi connectivity index (χ0v) is 15.0. The minimum Gasteiger partial charge on any atom is -0.467 e. The predicted octanol–water partition coefficient (Wildman–Crippen LogP) is 3.45. The Kier molecular flexibility index (Phi) is 5.75. The molecule has 1 aliphatic heterocycles. The summed E-state index contributed by atoms with van der Waals surface area (Å²) < 4.78 is 16.1. The lowest BCUT2D eigenvalue weighted by atomic mass is 10.1. The fraction of sp³-hybridized carbons (Fsp3) is 0.263. The first kappa shape index (κ1) is 18.2. The van der Waals surface area contributed by atoms with Gasteiger partial charge in [-0.3, -0.25) is 9.59 Å². The van der Waals surface area contributed by atoms with Gasteiger partial charge in [-0.2, -0.15) is 0 Å². The molecule has 0 unspecified atom stereocenters. The molecule has 0 saturated carbocycles. The van der Waals surface area contributed by atoms with Crippen molar-refractivity contribution in [2.45, 2.75) is 26.6 Å². The Balaban J connectivity index is 1.59. The molecule has 26 heavy (non-hydrogen) atoms. The van der Waals surface area contributed by atoms with Crippen molar-refractivity contribution in [1.82, 2.24) is 0 Å². The minimum absolute atomic E-state index is 0.0751. The van der Waals surface area contributed by atoms with Crippen molar-refractivity contribution in [1.29, 1.82) is 0 Å². The summed E-state index contributed by atoms with van der Waals surface area (Å²) >= 11 is 6.10. The molecule has 0 saturated heterocycles. The van der Waals surface area contributed by atoms with Gasteiger partial charge in [0, 0.05) is 28.8 Å². The average Bonchev–Trinajstić information content (AvgIpc) is 2.61. The fourth-order valence-electron chi connectivity index (χ4n) is 2.65. The van der Waals surface area contributed by atoms with Crippen LogP contribution in [0.2, 0.25) is 5.02 Å². The molecule has 1 aliphatic rings. The van der Waals surface area contributed by atoms with E-state index in [0.717, 1.165) is 11.1 Å². The lowest BCUT2D eigenvalue weighted by molar-refractivity contribution is -0.144. The van der Waals surface area contributed by atoms with Crippen LogP contribution in [0.5, 0.6) is 5.75 Å². The number of hydrogen-bond acceptors (Lipinski definition) is 5. The molecule has 7 heteroatoms. The number of halogens is 1. The Morgan fingerprint density at radius 2 is 2.00 bits per heavy atom. The molecule has 2 aromatic rings. The quantitative estimate of drug-likeness (QED) is 0.810. The number of rotatable bonds is 5. The molecule has 0 fully saturated rings. The molecule has 0 atom stereocenters. The van der Waals surface area contributed by atoms with E-state index in [1.165, 1.54) is 6.92 Å². The van der Waals surface area contributed by atoms with Gasteiger partial charge >= 0.3 is 5.97 Å². The Morgan fingerprint density at radius 1 is 1.23 bits per heavy atom. The van der Waals surface area contributed by atoms with E-state index in [9.17, 15) is 9.59 Å². The molecule has 2 aromatic carbocycles. The minimum atomic E-state index is -0.363. The highest BCUT2D eigenvalue weighted by molar-refractivity contribution is 6.30.